The highest BCUT2D eigenvalue weighted by Gasteiger charge is 2.27. The van der Waals surface area contributed by atoms with Crippen molar-refractivity contribution in [1.82, 2.24) is 0 Å². The summed E-state index contributed by atoms with van der Waals surface area (Å²) in [5.41, 5.74) is 4.89. The minimum atomic E-state index is -0.372. The molecular weight excluding hydrogens is 364 g/mol. The maximum atomic E-state index is 12.9. The summed E-state index contributed by atoms with van der Waals surface area (Å²) in [6, 6.07) is 20.4. The Hall–Kier alpha value is -3.73. The smallest absolute Gasteiger partial charge is 0.257 e. The van der Waals surface area contributed by atoms with Gasteiger partial charge in [0.2, 0.25) is 5.91 Å². The molecule has 3 aromatic rings. The maximum Gasteiger partial charge on any atom is 0.257 e. The van der Waals surface area contributed by atoms with Crippen LogP contribution in [0.3, 0.4) is 0 Å². The van der Waals surface area contributed by atoms with Gasteiger partial charge < -0.3 is 10.6 Å². The summed E-state index contributed by atoms with van der Waals surface area (Å²) in [5.74, 6) is -0.597. The third-order valence-corrected chi connectivity index (χ3v) is 5.01. The number of anilines is 2. The van der Waals surface area contributed by atoms with E-state index in [0.29, 0.717) is 35.3 Å². The zero-order valence-electron chi connectivity index (χ0n) is 16.0. The number of amides is 2. The third kappa shape index (κ3) is 3.67. The van der Waals surface area contributed by atoms with Gasteiger partial charge in [0.25, 0.3) is 5.91 Å². The Bertz CT molecular complexity index is 1120. The van der Waals surface area contributed by atoms with Gasteiger partial charge in [-0.2, -0.15) is 0 Å². The fourth-order valence-electron chi connectivity index (χ4n) is 3.75. The largest absolute Gasteiger partial charge is 0.326 e. The van der Waals surface area contributed by atoms with Gasteiger partial charge in [-0.25, -0.2) is 0 Å². The number of benzene rings is 3. The van der Waals surface area contributed by atoms with Crippen molar-refractivity contribution in [2.75, 3.05) is 10.6 Å². The number of carbonyl (C=O) groups is 3. The molecule has 0 heterocycles. The van der Waals surface area contributed by atoms with Crippen molar-refractivity contribution in [1.29, 1.82) is 0 Å². The van der Waals surface area contributed by atoms with Crippen LogP contribution in [0.1, 0.15) is 39.6 Å². The SMILES string of the molecule is CC(=O)Nc1ccccc1C(=O)Nc1ccc(-c2ccccc2)c2c1C(=O)CC2. The zero-order valence-corrected chi connectivity index (χ0v) is 16.0. The maximum absolute atomic E-state index is 12.9. The van der Waals surface area contributed by atoms with Gasteiger partial charge in [0, 0.05) is 18.9 Å². The molecule has 2 N–H and O–H groups in total. The van der Waals surface area contributed by atoms with E-state index in [4.69, 9.17) is 0 Å². The summed E-state index contributed by atoms with van der Waals surface area (Å²) in [5, 5.41) is 5.54. The van der Waals surface area contributed by atoms with E-state index in [1.54, 1.807) is 30.3 Å². The predicted octanol–water partition coefficient (Wildman–Crippen LogP) is 4.69. The van der Waals surface area contributed by atoms with Gasteiger partial charge in [-0.05, 0) is 41.3 Å². The van der Waals surface area contributed by atoms with Crippen LogP contribution in [0.2, 0.25) is 0 Å². The molecule has 0 unspecified atom stereocenters. The summed E-state index contributed by atoms with van der Waals surface area (Å²) >= 11 is 0. The van der Waals surface area contributed by atoms with E-state index in [0.717, 1.165) is 16.7 Å². The number of para-hydroxylation sites is 1. The normalized spacial score (nSPS) is 12.4. The number of Topliss-reactive ketones (excluding diaryl/α,β-unsaturated/α-hetero) is 1. The minimum Gasteiger partial charge on any atom is -0.326 e. The minimum absolute atomic E-state index is 0.0308. The molecule has 0 aromatic heterocycles. The van der Waals surface area contributed by atoms with Crippen molar-refractivity contribution in [2.24, 2.45) is 0 Å². The Labute approximate surface area is 168 Å². The molecule has 2 amide bonds. The molecular formula is C24H20N2O3. The fourth-order valence-corrected chi connectivity index (χ4v) is 3.75. The number of rotatable bonds is 4. The molecule has 1 aliphatic rings. The molecule has 0 saturated heterocycles. The van der Waals surface area contributed by atoms with Gasteiger partial charge in [0.15, 0.2) is 5.78 Å². The lowest BCUT2D eigenvalue weighted by molar-refractivity contribution is -0.114. The lowest BCUT2D eigenvalue weighted by atomic mass is 9.95. The highest BCUT2D eigenvalue weighted by Crippen LogP contribution is 2.37. The van der Waals surface area contributed by atoms with Crippen LogP contribution < -0.4 is 10.6 Å². The number of fused-ring (bicyclic) bond motifs is 1. The molecule has 144 valence electrons. The van der Waals surface area contributed by atoms with Crippen molar-refractivity contribution >= 4 is 29.0 Å². The average molecular weight is 384 g/mol. The Morgan fingerprint density at radius 2 is 1.52 bits per heavy atom. The monoisotopic (exact) mass is 384 g/mol. The van der Waals surface area contributed by atoms with E-state index in [1.165, 1.54) is 6.92 Å². The van der Waals surface area contributed by atoms with Crippen LogP contribution in [0.4, 0.5) is 11.4 Å². The molecule has 29 heavy (non-hydrogen) atoms. The highest BCUT2D eigenvalue weighted by molar-refractivity contribution is 6.14. The van der Waals surface area contributed by atoms with Crippen molar-refractivity contribution in [2.45, 2.75) is 19.8 Å². The first kappa shape index (κ1) is 18.6. The number of hydrogen-bond donors (Lipinski definition) is 2. The summed E-state index contributed by atoms with van der Waals surface area (Å²) in [4.78, 5) is 36.9. The van der Waals surface area contributed by atoms with Crippen LogP contribution in [0.15, 0.2) is 66.7 Å². The second kappa shape index (κ2) is 7.72. The molecule has 3 aromatic carbocycles. The van der Waals surface area contributed by atoms with Crippen molar-refractivity contribution < 1.29 is 14.4 Å². The topological polar surface area (TPSA) is 75.3 Å². The van der Waals surface area contributed by atoms with Crippen LogP contribution in [-0.4, -0.2) is 17.6 Å². The number of nitrogens with one attached hydrogen (secondary N) is 2. The Kier molecular flexibility index (Phi) is 4.96. The number of carbonyl (C=O) groups excluding carboxylic acids is 3. The Morgan fingerprint density at radius 3 is 2.28 bits per heavy atom. The van der Waals surface area contributed by atoms with E-state index in [9.17, 15) is 14.4 Å². The van der Waals surface area contributed by atoms with Gasteiger partial charge >= 0.3 is 0 Å². The van der Waals surface area contributed by atoms with Crippen LogP contribution >= 0.6 is 0 Å². The van der Waals surface area contributed by atoms with Crippen LogP contribution in [-0.2, 0) is 11.2 Å². The standard InChI is InChI=1S/C24H20N2O3/c1-15(27)25-20-10-6-5-9-19(20)24(29)26-21-13-11-17(16-7-3-2-4-8-16)18-12-14-22(28)23(18)21/h2-11,13H,12,14H2,1H3,(H,25,27)(H,26,29). The lowest BCUT2D eigenvalue weighted by Gasteiger charge is -2.15. The number of ketones is 1. The lowest BCUT2D eigenvalue weighted by Crippen LogP contribution is -2.18. The predicted molar refractivity (Wildman–Crippen MR) is 113 cm³/mol. The van der Waals surface area contributed by atoms with E-state index in [2.05, 4.69) is 10.6 Å². The van der Waals surface area contributed by atoms with E-state index in [1.807, 2.05) is 36.4 Å². The van der Waals surface area contributed by atoms with Gasteiger partial charge in [-0.3, -0.25) is 14.4 Å². The third-order valence-electron chi connectivity index (χ3n) is 5.01. The first-order valence-corrected chi connectivity index (χ1v) is 9.47. The van der Waals surface area contributed by atoms with Crippen molar-refractivity contribution in [3.8, 4) is 11.1 Å². The van der Waals surface area contributed by atoms with Gasteiger partial charge in [0.05, 0.1) is 16.9 Å². The first-order valence-electron chi connectivity index (χ1n) is 9.47. The second-order valence-corrected chi connectivity index (χ2v) is 6.98. The molecule has 4 rings (SSSR count). The van der Waals surface area contributed by atoms with Gasteiger partial charge in [-0.1, -0.05) is 48.5 Å². The molecule has 5 nitrogen and oxygen atoms in total. The molecule has 1 aliphatic carbocycles. The Morgan fingerprint density at radius 1 is 0.793 bits per heavy atom. The summed E-state index contributed by atoms with van der Waals surface area (Å²) < 4.78 is 0. The quantitative estimate of drug-likeness (QED) is 0.685. The van der Waals surface area contributed by atoms with Crippen LogP contribution in [0, 0.1) is 0 Å². The molecule has 0 bridgehead atoms. The Balaban J connectivity index is 1.71. The van der Waals surface area contributed by atoms with E-state index < -0.39 is 0 Å². The highest BCUT2D eigenvalue weighted by atomic mass is 16.2. The van der Waals surface area contributed by atoms with Crippen LogP contribution in [0.5, 0.6) is 0 Å². The second-order valence-electron chi connectivity index (χ2n) is 6.98. The molecule has 0 saturated carbocycles. The van der Waals surface area contributed by atoms with Crippen molar-refractivity contribution in [3.63, 3.8) is 0 Å². The first-order chi connectivity index (χ1) is 14.0. The molecule has 0 aliphatic heterocycles. The molecule has 0 atom stereocenters. The molecule has 0 fully saturated rings. The van der Waals surface area contributed by atoms with E-state index in [-0.39, 0.29) is 17.6 Å². The van der Waals surface area contributed by atoms with Crippen molar-refractivity contribution in [3.05, 3.63) is 83.4 Å². The molecule has 0 radical (unpaired) electrons. The van der Waals surface area contributed by atoms with E-state index >= 15 is 0 Å². The van der Waals surface area contributed by atoms with Crippen LogP contribution in [0.25, 0.3) is 11.1 Å². The fraction of sp³-hybridized carbons (Fsp3) is 0.125. The zero-order chi connectivity index (χ0) is 20.4. The summed E-state index contributed by atoms with van der Waals surface area (Å²) in [6.07, 6.45) is 1.09. The summed E-state index contributed by atoms with van der Waals surface area (Å²) in [7, 11) is 0. The average Bonchev–Trinajstić information content (AvgIpc) is 3.11. The molecule has 5 heteroatoms. The molecule has 0 spiro atoms. The number of hydrogen-bond acceptors (Lipinski definition) is 3. The van der Waals surface area contributed by atoms with Gasteiger partial charge in [0.1, 0.15) is 0 Å². The summed E-state index contributed by atoms with van der Waals surface area (Å²) in [6.45, 7) is 1.39. The van der Waals surface area contributed by atoms with Gasteiger partial charge in [-0.15, -0.1) is 0 Å².